The number of hydrogen-bond acceptors (Lipinski definition) is 2. The van der Waals surface area contributed by atoms with E-state index >= 15 is 0 Å². The number of hydrogen-bond donors (Lipinski definition) is 3. The SMILES string of the molecule is CC(C)C(N)Cl.O=[P+](O)O. The number of alkyl halides is 1. The molecule has 0 aromatic carbocycles. The zero-order valence-corrected chi connectivity index (χ0v) is 7.51. The van der Waals surface area contributed by atoms with E-state index in [0.717, 1.165) is 0 Å². The first-order valence-corrected chi connectivity index (χ1v) is 4.22. The van der Waals surface area contributed by atoms with Crippen molar-refractivity contribution in [2.45, 2.75) is 19.3 Å². The Morgan fingerprint density at radius 2 is 1.60 bits per heavy atom. The van der Waals surface area contributed by atoms with E-state index in [9.17, 15) is 0 Å². The molecule has 4 nitrogen and oxygen atoms in total. The van der Waals surface area contributed by atoms with E-state index in [2.05, 4.69) is 0 Å². The van der Waals surface area contributed by atoms with Gasteiger partial charge in [-0.25, -0.2) is 0 Å². The molecule has 0 radical (unpaired) electrons. The Bertz CT molecular complexity index is 88.5. The lowest BCUT2D eigenvalue weighted by Crippen LogP contribution is -2.18. The Kier molecular flexibility index (Phi) is 9.52. The predicted octanol–water partition coefficient (Wildman–Crippen LogP) is 0.794. The first-order valence-electron chi connectivity index (χ1n) is 2.62. The van der Waals surface area contributed by atoms with Crippen LogP contribution in [0.4, 0.5) is 0 Å². The fraction of sp³-hybridized carbons (Fsp3) is 1.00. The predicted molar refractivity (Wildman–Crippen MR) is 40.7 cm³/mol. The van der Waals surface area contributed by atoms with Crippen molar-refractivity contribution in [3.63, 3.8) is 0 Å². The van der Waals surface area contributed by atoms with Gasteiger partial charge in [-0.05, 0) is 5.92 Å². The molecule has 0 aliphatic carbocycles. The fourth-order valence-corrected chi connectivity index (χ4v) is 0. The second-order valence-corrected chi connectivity index (χ2v) is 2.95. The molecule has 1 atom stereocenters. The molecule has 4 N–H and O–H groups in total. The summed E-state index contributed by atoms with van der Waals surface area (Å²) in [5.41, 5.74) is 5.02. The highest BCUT2D eigenvalue weighted by molar-refractivity contribution is 7.30. The third kappa shape index (κ3) is 24.0. The molecule has 10 heavy (non-hydrogen) atoms. The molecule has 0 rings (SSSR count). The third-order valence-electron chi connectivity index (χ3n) is 0.637. The molecule has 0 saturated heterocycles. The molecular weight excluding hydrogens is 176 g/mol. The second-order valence-electron chi connectivity index (χ2n) is 1.94. The highest BCUT2D eigenvalue weighted by Gasteiger charge is 1.98. The van der Waals surface area contributed by atoms with Crippen LogP contribution in [0.1, 0.15) is 13.8 Å². The van der Waals surface area contributed by atoms with Crippen molar-refractivity contribution < 1.29 is 14.4 Å². The van der Waals surface area contributed by atoms with Gasteiger partial charge in [0.15, 0.2) is 0 Å². The molecule has 0 aromatic heterocycles. The summed E-state index contributed by atoms with van der Waals surface area (Å²) in [6.07, 6.45) is 0. The fourth-order valence-electron chi connectivity index (χ4n) is 0. The van der Waals surface area contributed by atoms with Crippen LogP contribution in [0.3, 0.4) is 0 Å². The minimum atomic E-state index is -2.87. The number of nitrogens with two attached hydrogens (primary N) is 1. The quantitative estimate of drug-likeness (QED) is 0.323. The summed E-state index contributed by atoms with van der Waals surface area (Å²) in [6, 6.07) is 0. The van der Waals surface area contributed by atoms with Gasteiger partial charge in [0, 0.05) is 4.57 Å². The topological polar surface area (TPSA) is 83.6 Å². The molecule has 1 unspecified atom stereocenters. The van der Waals surface area contributed by atoms with E-state index in [4.69, 9.17) is 31.7 Å². The maximum atomic E-state index is 8.70. The first-order chi connectivity index (χ1) is 4.37. The van der Waals surface area contributed by atoms with Crippen LogP contribution in [0.15, 0.2) is 0 Å². The van der Waals surface area contributed by atoms with Crippen LogP contribution in [0.2, 0.25) is 0 Å². The van der Waals surface area contributed by atoms with Gasteiger partial charge in [-0.3, -0.25) is 0 Å². The minimum Gasteiger partial charge on any atom is -0.315 e. The smallest absolute Gasteiger partial charge is 0.315 e. The molecule has 0 aromatic rings. The van der Waals surface area contributed by atoms with Gasteiger partial charge in [0.1, 0.15) is 0 Å². The lowest BCUT2D eigenvalue weighted by Gasteiger charge is -2.03. The normalized spacial score (nSPS) is 11.9. The van der Waals surface area contributed by atoms with Gasteiger partial charge in [0.05, 0.1) is 5.50 Å². The standard InChI is InChI=1S/C4H10ClN.HO3P/c1-3(2)4(5)6;1-4(2)3/h3-4H,6H2,1-2H3;(H-,1,2,3)/p+1. The van der Waals surface area contributed by atoms with E-state index in [1.165, 1.54) is 0 Å². The van der Waals surface area contributed by atoms with Gasteiger partial charge < -0.3 is 5.73 Å². The van der Waals surface area contributed by atoms with Crippen LogP contribution >= 0.6 is 19.9 Å². The van der Waals surface area contributed by atoms with E-state index in [1.807, 2.05) is 13.8 Å². The van der Waals surface area contributed by atoms with Crippen molar-refractivity contribution in [1.29, 1.82) is 0 Å². The number of rotatable bonds is 1. The van der Waals surface area contributed by atoms with Crippen LogP contribution in [-0.4, -0.2) is 15.3 Å². The number of halogens is 1. The maximum absolute atomic E-state index is 8.70. The lowest BCUT2D eigenvalue weighted by molar-refractivity contribution is 0.405. The molecule has 0 spiro atoms. The highest BCUT2D eigenvalue weighted by Crippen LogP contribution is 2.00. The van der Waals surface area contributed by atoms with Crippen molar-refractivity contribution in [1.82, 2.24) is 0 Å². The summed E-state index contributed by atoms with van der Waals surface area (Å²) >= 11 is 5.39. The van der Waals surface area contributed by atoms with Crippen molar-refractivity contribution >= 4 is 19.9 Å². The molecule has 0 heterocycles. The Balaban J connectivity index is 0. The van der Waals surface area contributed by atoms with Crippen LogP contribution in [0.5, 0.6) is 0 Å². The van der Waals surface area contributed by atoms with Gasteiger partial charge in [-0.15, -0.1) is 21.4 Å². The molecular formula is C4H12ClNO3P+. The summed E-state index contributed by atoms with van der Waals surface area (Å²) in [4.78, 5) is 14.2. The monoisotopic (exact) mass is 188 g/mol. The molecule has 0 bridgehead atoms. The van der Waals surface area contributed by atoms with Gasteiger partial charge in [0.2, 0.25) is 0 Å². The summed E-state index contributed by atoms with van der Waals surface area (Å²) in [5, 5.41) is 0. The van der Waals surface area contributed by atoms with Gasteiger partial charge in [-0.1, -0.05) is 13.8 Å². The summed E-state index contributed by atoms with van der Waals surface area (Å²) in [7, 11) is -2.87. The van der Waals surface area contributed by atoms with Crippen molar-refractivity contribution in [2.24, 2.45) is 11.7 Å². The van der Waals surface area contributed by atoms with Crippen molar-refractivity contribution in [2.75, 3.05) is 0 Å². The average Bonchev–Trinajstić information content (AvgIpc) is 1.63. The van der Waals surface area contributed by atoms with Gasteiger partial charge >= 0.3 is 8.25 Å². The molecule has 62 valence electrons. The van der Waals surface area contributed by atoms with E-state index in [1.54, 1.807) is 0 Å². The minimum absolute atomic E-state index is 0.176. The Morgan fingerprint density at radius 1 is 1.50 bits per heavy atom. The van der Waals surface area contributed by atoms with Crippen LogP contribution < -0.4 is 5.73 Å². The Morgan fingerprint density at radius 3 is 1.60 bits per heavy atom. The Labute approximate surface area is 65.9 Å². The molecule has 0 saturated carbocycles. The van der Waals surface area contributed by atoms with E-state index in [0.29, 0.717) is 5.92 Å². The molecule has 6 heteroatoms. The summed E-state index contributed by atoms with van der Waals surface area (Å²) in [6.45, 7) is 3.97. The van der Waals surface area contributed by atoms with Crippen LogP contribution in [0.25, 0.3) is 0 Å². The summed E-state index contributed by atoms with van der Waals surface area (Å²) in [5.74, 6) is 0.395. The first kappa shape index (κ1) is 12.9. The molecule has 0 fully saturated rings. The average molecular weight is 189 g/mol. The largest absolute Gasteiger partial charge is 0.692 e. The summed E-state index contributed by atoms with van der Waals surface area (Å²) < 4.78 is 8.70. The zero-order valence-electron chi connectivity index (χ0n) is 5.86. The van der Waals surface area contributed by atoms with Crippen LogP contribution in [0, 0.1) is 5.92 Å². The second kappa shape index (κ2) is 7.38. The van der Waals surface area contributed by atoms with Crippen molar-refractivity contribution in [3.8, 4) is 0 Å². The maximum Gasteiger partial charge on any atom is 0.692 e. The lowest BCUT2D eigenvalue weighted by atomic mass is 10.2. The molecule has 0 aliphatic rings. The zero-order chi connectivity index (χ0) is 8.73. The van der Waals surface area contributed by atoms with Crippen LogP contribution in [-0.2, 0) is 4.57 Å². The van der Waals surface area contributed by atoms with Crippen molar-refractivity contribution in [3.05, 3.63) is 0 Å². The van der Waals surface area contributed by atoms with Gasteiger partial charge in [0.25, 0.3) is 0 Å². The third-order valence-corrected chi connectivity index (χ3v) is 1.14. The van der Waals surface area contributed by atoms with E-state index in [-0.39, 0.29) is 5.50 Å². The van der Waals surface area contributed by atoms with Gasteiger partial charge in [-0.2, -0.15) is 0 Å². The Hall–Kier alpha value is 0.270. The van der Waals surface area contributed by atoms with E-state index < -0.39 is 8.25 Å². The highest BCUT2D eigenvalue weighted by atomic mass is 35.5. The molecule has 0 aliphatic heterocycles. The molecule has 0 amide bonds.